The van der Waals surface area contributed by atoms with Crippen molar-refractivity contribution in [2.75, 3.05) is 5.73 Å². The summed E-state index contributed by atoms with van der Waals surface area (Å²) in [6.45, 7) is 0. The summed E-state index contributed by atoms with van der Waals surface area (Å²) in [7, 11) is 1.88. The Morgan fingerprint density at radius 3 is 2.43 bits per heavy atom. The fourth-order valence-corrected chi connectivity index (χ4v) is 1.42. The van der Waals surface area contributed by atoms with Gasteiger partial charge in [-0.1, -0.05) is 11.6 Å². The van der Waals surface area contributed by atoms with E-state index in [0.29, 0.717) is 5.82 Å². The van der Waals surface area contributed by atoms with Crippen LogP contribution < -0.4 is 5.73 Å². The smallest absolute Gasteiger partial charge is 0.141 e. The quantitative estimate of drug-likeness (QED) is 0.780. The molecule has 0 aliphatic carbocycles. The molecule has 0 amide bonds. The Bertz CT molecular complexity index is 445. The summed E-state index contributed by atoms with van der Waals surface area (Å²) in [6.07, 6.45) is 1.64. The minimum atomic E-state index is 0.648. The Morgan fingerprint density at radius 1 is 1.29 bits per heavy atom. The second-order valence-corrected chi connectivity index (χ2v) is 3.51. The van der Waals surface area contributed by atoms with Gasteiger partial charge in [-0.25, -0.2) is 4.98 Å². The third-order valence-corrected chi connectivity index (χ3v) is 2.38. The van der Waals surface area contributed by atoms with E-state index < -0.39 is 0 Å². The van der Waals surface area contributed by atoms with Crippen LogP contribution in [0.25, 0.3) is 11.4 Å². The molecule has 0 spiro atoms. The molecule has 4 heteroatoms. The SMILES string of the molecule is Cn1c(N)cnc1-c1ccc(Cl)cc1. The summed E-state index contributed by atoms with van der Waals surface area (Å²) in [4.78, 5) is 4.21. The molecule has 2 aromatic rings. The van der Waals surface area contributed by atoms with Gasteiger partial charge in [-0.15, -0.1) is 0 Å². The van der Waals surface area contributed by atoms with Gasteiger partial charge in [0.25, 0.3) is 0 Å². The maximum Gasteiger partial charge on any atom is 0.141 e. The molecule has 1 aromatic heterocycles. The molecular formula is C10H10ClN3. The fraction of sp³-hybridized carbons (Fsp3) is 0.100. The van der Waals surface area contributed by atoms with Crippen LogP contribution >= 0.6 is 11.6 Å². The van der Waals surface area contributed by atoms with E-state index >= 15 is 0 Å². The normalized spacial score (nSPS) is 10.4. The predicted octanol–water partition coefficient (Wildman–Crippen LogP) is 2.32. The molecule has 3 nitrogen and oxygen atoms in total. The standard InChI is InChI=1S/C10H10ClN3/c1-14-9(12)6-13-10(14)7-2-4-8(11)5-3-7/h2-6H,12H2,1H3. The van der Waals surface area contributed by atoms with E-state index in [1.165, 1.54) is 0 Å². The molecule has 72 valence electrons. The first-order valence-electron chi connectivity index (χ1n) is 4.21. The molecule has 2 rings (SSSR count). The lowest BCUT2D eigenvalue weighted by Crippen LogP contribution is -1.97. The topological polar surface area (TPSA) is 43.8 Å². The number of anilines is 1. The van der Waals surface area contributed by atoms with Gasteiger partial charge in [-0.3, -0.25) is 0 Å². The molecule has 0 atom stereocenters. The minimum Gasteiger partial charge on any atom is -0.384 e. The highest BCUT2D eigenvalue weighted by atomic mass is 35.5. The Hall–Kier alpha value is -1.48. The molecule has 0 aliphatic heterocycles. The van der Waals surface area contributed by atoms with Crippen LogP contribution in [0.5, 0.6) is 0 Å². The van der Waals surface area contributed by atoms with Gasteiger partial charge in [0.2, 0.25) is 0 Å². The van der Waals surface area contributed by atoms with Crippen molar-refractivity contribution in [2.45, 2.75) is 0 Å². The zero-order chi connectivity index (χ0) is 10.1. The van der Waals surface area contributed by atoms with Gasteiger partial charge in [0.15, 0.2) is 0 Å². The number of imidazole rings is 1. The van der Waals surface area contributed by atoms with Crippen molar-refractivity contribution < 1.29 is 0 Å². The van der Waals surface area contributed by atoms with Crippen molar-refractivity contribution in [3.63, 3.8) is 0 Å². The summed E-state index contributed by atoms with van der Waals surface area (Å²) in [6, 6.07) is 7.51. The monoisotopic (exact) mass is 207 g/mol. The lowest BCUT2D eigenvalue weighted by atomic mass is 10.2. The average molecular weight is 208 g/mol. The Morgan fingerprint density at radius 2 is 1.93 bits per heavy atom. The first kappa shape index (κ1) is 9.09. The van der Waals surface area contributed by atoms with Gasteiger partial charge in [0.1, 0.15) is 11.6 Å². The summed E-state index contributed by atoms with van der Waals surface area (Å²) >= 11 is 5.79. The minimum absolute atomic E-state index is 0.648. The van der Waals surface area contributed by atoms with E-state index in [1.54, 1.807) is 6.20 Å². The lowest BCUT2D eigenvalue weighted by Gasteiger charge is -2.02. The molecule has 0 radical (unpaired) electrons. The largest absolute Gasteiger partial charge is 0.384 e. The molecule has 1 heterocycles. The Balaban J connectivity index is 2.49. The summed E-state index contributed by atoms with van der Waals surface area (Å²) in [5.74, 6) is 1.49. The molecular weight excluding hydrogens is 198 g/mol. The second kappa shape index (κ2) is 3.35. The van der Waals surface area contributed by atoms with E-state index in [1.807, 2.05) is 35.9 Å². The Labute approximate surface area is 87.1 Å². The van der Waals surface area contributed by atoms with Crippen molar-refractivity contribution in [3.05, 3.63) is 35.5 Å². The number of aromatic nitrogens is 2. The van der Waals surface area contributed by atoms with Crippen molar-refractivity contribution in [3.8, 4) is 11.4 Å². The number of benzene rings is 1. The molecule has 0 saturated carbocycles. The maximum absolute atomic E-state index is 5.79. The van der Waals surface area contributed by atoms with Gasteiger partial charge >= 0.3 is 0 Å². The molecule has 0 aliphatic rings. The van der Waals surface area contributed by atoms with Crippen LogP contribution in [0.15, 0.2) is 30.5 Å². The molecule has 14 heavy (non-hydrogen) atoms. The molecule has 0 fully saturated rings. The maximum atomic E-state index is 5.79. The molecule has 0 bridgehead atoms. The first-order chi connectivity index (χ1) is 6.68. The van der Waals surface area contributed by atoms with Crippen molar-refractivity contribution in [1.29, 1.82) is 0 Å². The number of nitrogens with two attached hydrogens (primary N) is 1. The predicted molar refractivity (Wildman–Crippen MR) is 58.1 cm³/mol. The highest BCUT2D eigenvalue weighted by molar-refractivity contribution is 6.30. The van der Waals surface area contributed by atoms with E-state index in [2.05, 4.69) is 4.98 Å². The van der Waals surface area contributed by atoms with Crippen LogP contribution in [0.4, 0.5) is 5.82 Å². The molecule has 2 N–H and O–H groups in total. The lowest BCUT2D eigenvalue weighted by molar-refractivity contribution is 0.937. The molecule has 0 unspecified atom stereocenters. The Kier molecular flexibility index (Phi) is 2.17. The van der Waals surface area contributed by atoms with Crippen LogP contribution in [-0.4, -0.2) is 9.55 Å². The van der Waals surface area contributed by atoms with Crippen LogP contribution in [0.2, 0.25) is 5.02 Å². The van der Waals surface area contributed by atoms with Crippen LogP contribution in [-0.2, 0) is 7.05 Å². The summed E-state index contributed by atoms with van der Waals surface area (Å²) < 4.78 is 1.84. The van der Waals surface area contributed by atoms with Gasteiger partial charge < -0.3 is 10.3 Å². The zero-order valence-electron chi connectivity index (χ0n) is 7.74. The number of nitrogens with zero attached hydrogens (tertiary/aromatic N) is 2. The van der Waals surface area contributed by atoms with Crippen LogP contribution in [0.1, 0.15) is 0 Å². The van der Waals surface area contributed by atoms with Gasteiger partial charge in [0.05, 0.1) is 6.20 Å². The van der Waals surface area contributed by atoms with Crippen molar-refractivity contribution in [2.24, 2.45) is 7.05 Å². The van der Waals surface area contributed by atoms with Gasteiger partial charge in [-0.05, 0) is 24.3 Å². The van der Waals surface area contributed by atoms with Crippen LogP contribution in [0.3, 0.4) is 0 Å². The van der Waals surface area contributed by atoms with Crippen molar-refractivity contribution in [1.82, 2.24) is 9.55 Å². The van der Waals surface area contributed by atoms with E-state index in [9.17, 15) is 0 Å². The highest BCUT2D eigenvalue weighted by Gasteiger charge is 2.05. The van der Waals surface area contributed by atoms with E-state index in [0.717, 1.165) is 16.4 Å². The average Bonchev–Trinajstić information content (AvgIpc) is 2.50. The highest BCUT2D eigenvalue weighted by Crippen LogP contribution is 2.21. The second-order valence-electron chi connectivity index (χ2n) is 3.07. The van der Waals surface area contributed by atoms with Gasteiger partial charge in [-0.2, -0.15) is 0 Å². The van der Waals surface area contributed by atoms with Crippen LogP contribution in [0, 0.1) is 0 Å². The summed E-state index contributed by atoms with van der Waals surface area (Å²) in [5.41, 5.74) is 6.69. The van der Waals surface area contributed by atoms with Gasteiger partial charge in [0, 0.05) is 17.6 Å². The first-order valence-corrected chi connectivity index (χ1v) is 4.59. The number of nitrogen functional groups attached to an aromatic ring is 1. The zero-order valence-corrected chi connectivity index (χ0v) is 8.49. The fourth-order valence-electron chi connectivity index (χ4n) is 1.29. The third-order valence-electron chi connectivity index (χ3n) is 2.13. The number of hydrogen-bond acceptors (Lipinski definition) is 2. The van der Waals surface area contributed by atoms with E-state index in [-0.39, 0.29) is 0 Å². The number of rotatable bonds is 1. The molecule has 1 aromatic carbocycles. The summed E-state index contributed by atoms with van der Waals surface area (Å²) in [5, 5.41) is 0.718. The number of halogens is 1. The van der Waals surface area contributed by atoms with Crippen molar-refractivity contribution >= 4 is 17.4 Å². The van der Waals surface area contributed by atoms with E-state index in [4.69, 9.17) is 17.3 Å². The third kappa shape index (κ3) is 1.46. The molecule has 0 saturated heterocycles. The number of hydrogen-bond donors (Lipinski definition) is 1.